The van der Waals surface area contributed by atoms with E-state index in [4.69, 9.17) is 9.15 Å². The van der Waals surface area contributed by atoms with Gasteiger partial charge < -0.3 is 14.5 Å². The quantitative estimate of drug-likeness (QED) is 0.502. The zero-order chi connectivity index (χ0) is 20.1. The summed E-state index contributed by atoms with van der Waals surface area (Å²) >= 11 is 0. The molecule has 4 rings (SSSR count). The Morgan fingerprint density at radius 3 is 2.76 bits per heavy atom. The fourth-order valence-electron chi connectivity index (χ4n) is 2.59. The van der Waals surface area contributed by atoms with E-state index in [1.807, 2.05) is 17.7 Å². The zero-order valence-corrected chi connectivity index (χ0v) is 15.5. The van der Waals surface area contributed by atoms with Crippen molar-refractivity contribution < 1.29 is 13.9 Å². The van der Waals surface area contributed by atoms with Crippen LogP contribution < -0.4 is 10.1 Å². The first kappa shape index (κ1) is 18.2. The molecule has 4 aromatic rings. The molecule has 1 aromatic carbocycles. The fourth-order valence-corrected chi connectivity index (χ4v) is 2.59. The molecule has 0 saturated heterocycles. The Bertz CT molecular complexity index is 1130. The molecule has 3 heterocycles. The Hall–Kier alpha value is -4.20. The van der Waals surface area contributed by atoms with Crippen LogP contribution in [0.2, 0.25) is 0 Å². The molecule has 0 unspecified atom stereocenters. The lowest BCUT2D eigenvalue weighted by Gasteiger charge is -2.08. The standard InChI is InChI=1S/C21H17N5O3/c1-15-22-10-11-26(15)19-13-21(24-14-23-19)29-18-6-4-16(5-7-18)25-20(27)9-8-17-3-2-12-28-17/h2-14H,1H3,(H,25,27)/b9-8+. The normalized spacial score (nSPS) is 10.9. The molecule has 0 fully saturated rings. The van der Waals surface area contributed by atoms with E-state index in [1.54, 1.807) is 61.0 Å². The molecule has 29 heavy (non-hydrogen) atoms. The third-order valence-electron chi connectivity index (χ3n) is 3.99. The average Bonchev–Trinajstić information content (AvgIpc) is 3.40. The summed E-state index contributed by atoms with van der Waals surface area (Å²) in [7, 11) is 0. The van der Waals surface area contributed by atoms with Gasteiger partial charge in [-0.1, -0.05) is 0 Å². The van der Waals surface area contributed by atoms with Crippen molar-refractivity contribution in [3.63, 3.8) is 0 Å². The number of hydrogen-bond acceptors (Lipinski definition) is 6. The summed E-state index contributed by atoms with van der Waals surface area (Å²) in [6, 6.07) is 12.2. The highest BCUT2D eigenvalue weighted by Crippen LogP contribution is 2.22. The Morgan fingerprint density at radius 2 is 2.03 bits per heavy atom. The zero-order valence-electron chi connectivity index (χ0n) is 15.5. The lowest BCUT2D eigenvalue weighted by atomic mass is 10.3. The molecule has 0 bridgehead atoms. The van der Waals surface area contributed by atoms with E-state index in [2.05, 4.69) is 20.3 Å². The summed E-state index contributed by atoms with van der Waals surface area (Å²) in [4.78, 5) is 24.5. The minimum Gasteiger partial charge on any atom is -0.465 e. The van der Waals surface area contributed by atoms with Gasteiger partial charge in [0.05, 0.1) is 6.26 Å². The average molecular weight is 387 g/mol. The molecule has 3 aromatic heterocycles. The van der Waals surface area contributed by atoms with Gasteiger partial charge in [-0.25, -0.2) is 15.0 Å². The van der Waals surface area contributed by atoms with Crippen LogP contribution in [0, 0.1) is 6.92 Å². The molecule has 8 nitrogen and oxygen atoms in total. The summed E-state index contributed by atoms with van der Waals surface area (Å²) in [6.45, 7) is 1.89. The highest BCUT2D eigenvalue weighted by Gasteiger charge is 2.06. The predicted molar refractivity (Wildman–Crippen MR) is 107 cm³/mol. The van der Waals surface area contributed by atoms with Gasteiger partial charge in [-0.3, -0.25) is 9.36 Å². The Morgan fingerprint density at radius 1 is 1.17 bits per heavy atom. The van der Waals surface area contributed by atoms with Crippen LogP contribution in [0.1, 0.15) is 11.6 Å². The van der Waals surface area contributed by atoms with Crippen LogP contribution in [-0.2, 0) is 4.79 Å². The molecule has 0 atom stereocenters. The molecule has 144 valence electrons. The number of imidazole rings is 1. The number of carbonyl (C=O) groups is 1. The van der Waals surface area contributed by atoms with Gasteiger partial charge in [-0.2, -0.15) is 0 Å². The highest BCUT2D eigenvalue weighted by molar-refractivity contribution is 6.01. The number of nitrogens with one attached hydrogen (secondary N) is 1. The lowest BCUT2D eigenvalue weighted by molar-refractivity contribution is -0.111. The minimum atomic E-state index is -0.258. The van der Waals surface area contributed by atoms with E-state index >= 15 is 0 Å². The van der Waals surface area contributed by atoms with Crippen molar-refractivity contribution in [1.29, 1.82) is 0 Å². The number of benzene rings is 1. The topological polar surface area (TPSA) is 95.1 Å². The molecule has 1 amide bonds. The van der Waals surface area contributed by atoms with E-state index in [-0.39, 0.29) is 5.91 Å². The first-order valence-electron chi connectivity index (χ1n) is 8.80. The molecule has 0 saturated carbocycles. The minimum absolute atomic E-state index is 0.258. The maximum atomic E-state index is 12.0. The number of rotatable bonds is 6. The molecular formula is C21H17N5O3. The molecule has 0 radical (unpaired) electrons. The van der Waals surface area contributed by atoms with Crippen molar-refractivity contribution in [2.75, 3.05) is 5.32 Å². The van der Waals surface area contributed by atoms with Crippen molar-refractivity contribution in [2.24, 2.45) is 0 Å². The molecule has 0 aliphatic carbocycles. The Labute approximate surface area is 166 Å². The number of hydrogen-bond donors (Lipinski definition) is 1. The van der Waals surface area contributed by atoms with Crippen molar-refractivity contribution in [2.45, 2.75) is 6.92 Å². The van der Waals surface area contributed by atoms with Crippen molar-refractivity contribution in [3.05, 3.63) is 85.1 Å². The number of anilines is 1. The van der Waals surface area contributed by atoms with Crippen LogP contribution in [-0.4, -0.2) is 25.4 Å². The van der Waals surface area contributed by atoms with E-state index in [0.29, 0.717) is 28.9 Å². The monoisotopic (exact) mass is 387 g/mol. The summed E-state index contributed by atoms with van der Waals surface area (Å²) < 4.78 is 12.8. The van der Waals surface area contributed by atoms with Gasteiger partial charge in [-0.15, -0.1) is 0 Å². The largest absolute Gasteiger partial charge is 0.465 e. The number of nitrogens with zero attached hydrogens (tertiary/aromatic N) is 4. The van der Waals surface area contributed by atoms with Crippen LogP contribution in [0.25, 0.3) is 11.9 Å². The molecule has 0 aliphatic heterocycles. The summed E-state index contributed by atoms with van der Waals surface area (Å²) in [5.74, 6) is 2.82. The maximum Gasteiger partial charge on any atom is 0.248 e. The smallest absolute Gasteiger partial charge is 0.248 e. The first-order valence-corrected chi connectivity index (χ1v) is 8.80. The van der Waals surface area contributed by atoms with Gasteiger partial charge in [0.25, 0.3) is 0 Å². The summed E-state index contributed by atoms with van der Waals surface area (Å²) in [6.07, 6.45) is 9.51. The third kappa shape index (κ3) is 4.56. The van der Waals surface area contributed by atoms with E-state index < -0.39 is 0 Å². The van der Waals surface area contributed by atoms with Crippen LogP contribution in [0.15, 0.2) is 77.9 Å². The fraction of sp³-hybridized carbons (Fsp3) is 0.0476. The van der Waals surface area contributed by atoms with Crippen LogP contribution >= 0.6 is 0 Å². The van der Waals surface area contributed by atoms with Gasteiger partial charge >= 0.3 is 0 Å². The van der Waals surface area contributed by atoms with E-state index in [9.17, 15) is 4.79 Å². The van der Waals surface area contributed by atoms with Crippen molar-refractivity contribution in [1.82, 2.24) is 19.5 Å². The molecule has 1 N–H and O–H groups in total. The van der Waals surface area contributed by atoms with Crippen LogP contribution in [0.4, 0.5) is 5.69 Å². The van der Waals surface area contributed by atoms with Gasteiger partial charge in [0.2, 0.25) is 11.8 Å². The summed E-state index contributed by atoms with van der Waals surface area (Å²) in [5.41, 5.74) is 0.642. The van der Waals surface area contributed by atoms with E-state index in [0.717, 1.165) is 5.82 Å². The van der Waals surface area contributed by atoms with Crippen molar-refractivity contribution >= 4 is 17.7 Å². The number of ether oxygens (including phenoxy) is 1. The molecule has 0 aliphatic rings. The molecule has 0 spiro atoms. The Balaban J connectivity index is 1.40. The number of aromatic nitrogens is 4. The third-order valence-corrected chi connectivity index (χ3v) is 3.99. The number of furan rings is 1. The van der Waals surface area contributed by atoms with Crippen LogP contribution in [0.3, 0.4) is 0 Å². The highest BCUT2D eigenvalue weighted by atomic mass is 16.5. The molecular weight excluding hydrogens is 370 g/mol. The second-order valence-corrected chi connectivity index (χ2v) is 6.02. The lowest BCUT2D eigenvalue weighted by Crippen LogP contribution is -2.07. The number of aryl methyl sites for hydroxylation is 1. The predicted octanol–water partition coefficient (Wildman–Crippen LogP) is 4.01. The van der Waals surface area contributed by atoms with Crippen LogP contribution in [0.5, 0.6) is 11.6 Å². The molecule has 8 heteroatoms. The Kier molecular flexibility index (Phi) is 5.15. The van der Waals surface area contributed by atoms with Gasteiger partial charge in [0.1, 0.15) is 29.5 Å². The second kappa shape index (κ2) is 8.22. The van der Waals surface area contributed by atoms with Crippen molar-refractivity contribution in [3.8, 4) is 17.4 Å². The second-order valence-electron chi connectivity index (χ2n) is 6.02. The number of carbonyl (C=O) groups excluding carboxylic acids is 1. The SMILES string of the molecule is Cc1nccn1-c1cc(Oc2ccc(NC(=O)/C=C/c3ccco3)cc2)ncn1. The summed E-state index contributed by atoms with van der Waals surface area (Å²) in [5, 5.41) is 2.77. The van der Waals surface area contributed by atoms with Gasteiger partial charge in [0, 0.05) is 30.2 Å². The van der Waals surface area contributed by atoms with Gasteiger partial charge in [0.15, 0.2) is 0 Å². The first-order chi connectivity index (χ1) is 14.2. The van der Waals surface area contributed by atoms with Gasteiger partial charge in [-0.05, 0) is 49.4 Å². The van der Waals surface area contributed by atoms with E-state index in [1.165, 1.54) is 12.4 Å². The maximum absolute atomic E-state index is 12.0. The number of amides is 1.